The Hall–Kier alpha value is -2.66. The molecular weight excluding hydrogens is 288 g/mol. The molecule has 3 rings (SSSR count). The molecule has 3 aromatic rings. The van der Waals surface area contributed by atoms with Crippen LogP contribution in [0.2, 0.25) is 5.02 Å². The summed E-state index contributed by atoms with van der Waals surface area (Å²) in [7, 11) is 0. The van der Waals surface area contributed by atoms with Crippen LogP contribution in [0.3, 0.4) is 0 Å². The minimum absolute atomic E-state index is 0.0225. The Morgan fingerprint density at radius 2 is 1.86 bits per heavy atom. The van der Waals surface area contributed by atoms with Crippen molar-refractivity contribution in [2.75, 3.05) is 5.73 Å². The van der Waals surface area contributed by atoms with Gasteiger partial charge in [0.15, 0.2) is 5.69 Å². The zero-order valence-corrected chi connectivity index (χ0v) is 11.6. The minimum Gasteiger partial charge on any atom is -0.396 e. The lowest BCUT2D eigenvalue weighted by Crippen LogP contribution is -2.16. The van der Waals surface area contributed by atoms with Gasteiger partial charge in [0.25, 0.3) is 5.91 Å². The summed E-state index contributed by atoms with van der Waals surface area (Å²) < 4.78 is 0. The first-order chi connectivity index (χ1) is 10.1. The van der Waals surface area contributed by atoms with E-state index < -0.39 is 5.91 Å². The number of hydrogen-bond acceptors (Lipinski definition) is 4. The van der Waals surface area contributed by atoms with E-state index in [-0.39, 0.29) is 11.4 Å². The lowest BCUT2D eigenvalue weighted by atomic mass is 10.0. The van der Waals surface area contributed by atoms with E-state index in [0.717, 1.165) is 11.1 Å². The van der Waals surface area contributed by atoms with Crippen molar-refractivity contribution in [3.63, 3.8) is 0 Å². The van der Waals surface area contributed by atoms with Gasteiger partial charge in [-0.3, -0.25) is 4.79 Å². The molecule has 104 valence electrons. The third kappa shape index (κ3) is 2.28. The van der Waals surface area contributed by atoms with E-state index in [1.165, 1.54) is 0 Å². The van der Waals surface area contributed by atoms with Crippen LogP contribution in [-0.2, 0) is 0 Å². The van der Waals surface area contributed by atoms with Gasteiger partial charge < -0.3 is 11.5 Å². The van der Waals surface area contributed by atoms with E-state index in [2.05, 4.69) is 10.2 Å². The topological polar surface area (TPSA) is 94.9 Å². The molecule has 1 aromatic heterocycles. The van der Waals surface area contributed by atoms with Crippen molar-refractivity contribution in [1.82, 2.24) is 10.2 Å². The number of nitrogens with zero attached hydrogens (tertiary/aromatic N) is 2. The number of benzene rings is 2. The number of rotatable bonds is 2. The standard InChI is InChI=1S/C15H11ClN4O/c16-9-4-1-3-8(7-9)10-5-2-6-11-12(17)14(15(18)21)20-19-13(10)11/h1-7H,(H2,17,19)(H2,18,21). The van der Waals surface area contributed by atoms with Gasteiger partial charge in [0.2, 0.25) is 0 Å². The van der Waals surface area contributed by atoms with Crippen LogP contribution in [0.4, 0.5) is 5.69 Å². The van der Waals surface area contributed by atoms with Crippen molar-refractivity contribution < 1.29 is 4.79 Å². The maximum absolute atomic E-state index is 11.3. The number of carbonyl (C=O) groups is 1. The Morgan fingerprint density at radius 3 is 2.57 bits per heavy atom. The summed E-state index contributed by atoms with van der Waals surface area (Å²) in [6.45, 7) is 0. The SMILES string of the molecule is NC(=O)c1nnc2c(-c3cccc(Cl)c3)cccc2c1N. The summed E-state index contributed by atoms with van der Waals surface area (Å²) in [6.07, 6.45) is 0. The molecular formula is C15H11ClN4O. The first-order valence-corrected chi connectivity index (χ1v) is 6.56. The van der Waals surface area contributed by atoms with Gasteiger partial charge in [-0.1, -0.05) is 41.9 Å². The molecule has 0 saturated heterocycles. The molecule has 0 atom stereocenters. The predicted octanol–water partition coefficient (Wildman–Crippen LogP) is 2.63. The number of hydrogen-bond donors (Lipinski definition) is 2. The molecule has 0 bridgehead atoms. The fourth-order valence-electron chi connectivity index (χ4n) is 2.22. The molecule has 2 aromatic carbocycles. The van der Waals surface area contributed by atoms with E-state index >= 15 is 0 Å². The number of nitrogens with two attached hydrogens (primary N) is 2. The number of aromatic nitrogens is 2. The van der Waals surface area contributed by atoms with E-state index in [0.29, 0.717) is 15.9 Å². The van der Waals surface area contributed by atoms with Crippen LogP contribution in [0.25, 0.3) is 22.0 Å². The highest BCUT2D eigenvalue weighted by Crippen LogP contribution is 2.31. The van der Waals surface area contributed by atoms with Gasteiger partial charge in [0.1, 0.15) is 5.52 Å². The maximum atomic E-state index is 11.3. The molecule has 21 heavy (non-hydrogen) atoms. The second-order valence-corrected chi connectivity index (χ2v) is 4.98. The number of carbonyl (C=O) groups excluding carboxylic acids is 1. The third-order valence-electron chi connectivity index (χ3n) is 3.20. The van der Waals surface area contributed by atoms with E-state index in [1.54, 1.807) is 12.1 Å². The van der Waals surface area contributed by atoms with Crippen molar-refractivity contribution in [2.45, 2.75) is 0 Å². The lowest BCUT2D eigenvalue weighted by Gasteiger charge is -2.09. The zero-order chi connectivity index (χ0) is 15.0. The highest BCUT2D eigenvalue weighted by Gasteiger charge is 2.14. The molecule has 0 unspecified atom stereocenters. The highest BCUT2D eigenvalue weighted by atomic mass is 35.5. The fourth-order valence-corrected chi connectivity index (χ4v) is 2.41. The minimum atomic E-state index is -0.699. The summed E-state index contributed by atoms with van der Waals surface area (Å²) in [5, 5.41) is 9.19. The van der Waals surface area contributed by atoms with E-state index in [9.17, 15) is 4.79 Å². The Balaban J connectivity index is 2.31. The molecule has 5 nitrogen and oxygen atoms in total. The van der Waals surface area contributed by atoms with Gasteiger partial charge in [-0.2, -0.15) is 0 Å². The van der Waals surface area contributed by atoms with Crippen LogP contribution in [-0.4, -0.2) is 16.1 Å². The maximum Gasteiger partial charge on any atom is 0.271 e. The quantitative estimate of drug-likeness (QED) is 0.760. The number of primary amides is 1. The van der Waals surface area contributed by atoms with E-state index in [1.807, 2.05) is 30.3 Å². The van der Waals surface area contributed by atoms with Crippen molar-refractivity contribution in [1.29, 1.82) is 0 Å². The second kappa shape index (κ2) is 5.03. The van der Waals surface area contributed by atoms with Crippen molar-refractivity contribution in [2.24, 2.45) is 5.73 Å². The van der Waals surface area contributed by atoms with Crippen molar-refractivity contribution in [3.05, 3.63) is 53.2 Å². The molecule has 0 aliphatic rings. The molecule has 4 N–H and O–H groups in total. The van der Waals surface area contributed by atoms with Crippen molar-refractivity contribution in [3.8, 4) is 11.1 Å². The second-order valence-electron chi connectivity index (χ2n) is 4.54. The Kier molecular flexibility index (Phi) is 3.19. The first kappa shape index (κ1) is 13.3. The number of fused-ring (bicyclic) bond motifs is 1. The van der Waals surface area contributed by atoms with Gasteiger partial charge in [-0.25, -0.2) is 0 Å². The van der Waals surface area contributed by atoms with Crippen molar-refractivity contribution >= 4 is 34.1 Å². The smallest absolute Gasteiger partial charge is 0.271 e. The summed E-state index contributed by atoms with van der Waals surface area (Å²) >= 11 is 6.02. The van der Waals surface area contributed by atoms with Gasteiger partial charge in [-0.15, -0.1) is 10.2 Å². The van der Waals surface area contributed by atoms with Gasteiger partial charge in [-0.05, 0) is 17.7 Å². The zero-order valence-electron chi connectivity index (χ0n) is 10.9. The normalized spacial score (nSPS) is 10.7. The molecule has 0 spiro atoms. The molecule has 0 aliphatic heterocycles. The molecule has 0 radical (unpaired) electrons. The van der Waals surface area contributed by atoms with Gasteiger partial charge in [0.05, 0.1) is 5.69 Å². The van der Waals surface area contributed by atoms with Gasteiger partial charge >= 0.3 is 0 Å². The Labute approximate surface area is 125 Å². The number of amides is 1. The van der Waals surface area contributed by atoms with Crippen LogP contribution < -0.4 is 11.5 Å². The van der Waals surface area contributed by atoms with Crippen LogP contribution in [0, 0.1) is 0 Å². The summed E-state index contributed by atoms with van der Waals surface area (Å²) in [6, 6.07) is 12.9. The monoisotopic (exact) mass is 298 g/mol. The molecule has 0 aliphatic carbocycles. The van der Waals surface area contributed by atoms with Crippen LogP contribution in [0.5, 0.6) is 0 Å². The Morgan fingerprint density at radius 1 is 1.10 bits per heavy atom. The number of anilines is 1. The van der Waals surface area contributed by atoms with Crippen LogP contribution in [0.1, 0.15) is 10.5 Å². The predicted molar refractivity (Wildman–Crippen MR) is 82.9 cm³/mol. The lowest BCUT2D eigenvalue weighted by molar-refractivity contribution is 0.0996. The molecule has 0 saturated carbocycles. The molecule has 0 fully saturated rings. The van der Waals surface area contributed by atoms with Gasteiger partial charge in [0, 0.05) is 16.0 Å². The Bertz CT molecular complexity index is 863. The summed E-state index contributed by atoms with van der Waals surface area (Å²) in [4.78, 5) is 11.3. The fraction of sp³-hybridized carbons (Fsp3) is 0. The first-order valence-electron chi connectivity index (χ1n) is 6.18. The molecule has 1 heterocycles. The largest absolute Gasteiger partial charge is 0.396 e. The average Bonchev–Trinajstić information content (AvgIpc) is 2.47. The summed E-state index contributed by atoms with van der Waals surface area (Å²) in [5.41, 5.74) is 13.7. The highest BCUT2D eigenvalue weighted by molar-refractivity contribution is 6.30. The average molecular weight is 299 g/mol. The van der Waals surface area contributed by atoms with E-state index in [4.69, 9.17) is 23.1 Å². The molecule has 1 amide bonds. The summed E-state index contributed by atoms with van der Waals surface area (Å²) in [5.74, 6) is -0.699. The van der Waals surface area contributed by atoms with Crippen LogP contribution >= 0.6 is 11.6 Å². The van der Waals surface area contributed by atoms with Crippen LogP contribution in [0.15, 0.2) is 42.5 Å². The number of nitrogen functional groups attached to an aromatic ring is 1. The molecule has 6 heteroatoms. The number of halogens is 1. The third-order valence-corrected chi connectivity index (χ3v) is 3.44.